The van der Waals surface area contributed by atoms with Crippen molar-refractivity contribution in [2.45, 2.75) is 26.8 Å². The smallest absolute Gasteiger partial charge is 0.251 e. The molecule has 0 spiro atoms. The van der Waals surface area contributed by atoms with Crippen LogP contribution < -0.4 is 5.32 Å². The summed E-state index contributed by atoms with van der Waals surface area (Å²) < 4.78 is 0.673. The number of pyridine rings is 1. The quantitative estimate of drug-likeness (QED) is 0.859. The highest BCUT2D eigenvalue weighted by atomic mass is 79.9. The van der Waals surface area contributed by atoms with Gasteiger partial charge in [0, 0.05) is 17.8 Å². The van der Waals surface area contributed by atoms with Gasteiger partial charge in [-0.15, -0.1) is 0 Å². The summed E-state index contributed by atoms with van der Waals surface area (Å²) in [4.78, 5) is 15.7. The average Bonchev–Trinajstić information content (AvgIpc) is 2.17. The molecule has 1 aromatic rings. The highest BCUT2D eigenvalue weighted by molar-refractivity contribution is 9.10. The summed E-state index contributed by atoms with van der Waals surface area (Å²) in [7, 11) is 0. The summed E-state index contributed by atoms with van der Waals surface area (Å²) in [6.07, 6.45) is 1.61. The molecule has 0 aliphatic rings. The van der Waals surface area contributed by atoms with Gasteiger partial charge < -0.3 is 5.32 Å². The Morgan fingerprint density at radius 2 is 2.13 bits per heavy atom. The zero-order valence-corrected chi connectivity index (χ0v) is 10.7. The summed E-state index contributed by atoms with van der Waals surface area (Å²) >= 11 is 3.23. The van der Waals surface area contributed by atoms with Crippen LogP contribution in [-0.4, -0.2) is 16.9 Å². The van der Waals surface area contributed by atoms with Crippen molar-refractivity contribution >= 4 is 21.8 Å². The fourth-order valence-corrected chi connectivity index (χ4v) is 1.37. The van der Waals surface area contributed by atoms with Crippen LogP contribution in [0.3, 0.4) is 0 Å². The molecule has 1 amide bonds. The third-order valence-electron chi connectivity index (χ3n) is 2.35. The van der Waals surface area contributed by atoms with Crippen molar-refractivity contribution in [2.24, 2.45) is 5.92 Å². The summed E-state index contributed by atoms with van der Waals surface area (Å²) in [6.45, 7) is 6.15. The highest BCUT2D eigenvalue weighted by Gasteiger charge is 2.12. The van der Waals surface area contributed by atoms with Crippen molar-refractivity contribution in [1.29, 1.82) is 0 Å². The molecule has 1 heterocycles. The second-order valence-corrected chi connectivity index (χ2v) is 4.69. The molecule has 4 heteroatoms. The molecule has 3 nitrogen and oxygen atoms in total. The summed E-state index contributed by atoms with van der Waals surface area (Å²) in [5.74, 6) is 0.374. The van der Waals surface area contributed by atoms with Crippen molar-refractivity contribution in [3.63, 3.8) is 0 Å². The van der Waals surface area contributed by atoms with E-state index in [9.17, 15) is 4.79 Å². The molecule has 0 bridgehead atoms. The Morgan fingerprint density at radius 3 is 2.67 bits per heavy atom. The fourth-order valence-electron chi connectivity index (χ4n) is 1.00. The van der Waals surface area contributed by atoms with E-state index in [1.165, 1.54) is 0 Å². The number of nitrogens with one attached hydrogen (secondary N) is 1. The Bertz CT molecular complexity index is 352. The molecule has 1 rings (SSSR count). The first kappa shape index (κ1) is 12.2. The van der Waals surface area contributed by atoms with Crippen molar-refractivity contribution in [3.05, 3.63) is 28.5 Å². The van der Waals surface area contributed by atoms with Crippen LogP contribution in [0.5, 0.6) is 0 Å². The molecule has 1 aromatic heterocycles. The summed E-state index contributed by atoms with van der Waals surface area (Å²) in [5.41, 5.74) is 0.629. The van der Waals surface area contributed by atoms with Crippen molar-refractivity contribution in [2.75, 3.05) is 0 Å². The predicted molar refractivity (Wildman–Crippen MR) is 63.7 cm³/mol. The molecule has 15 heavy (non-hydrogen) atoms. The van der Waals surface area contributed by atoms with Gasteiger partial charge in [-0.3, -0.25) is 4.79 Å². The highest BCUT2D eigenvalue weighted by Crippen LogP contribution is 2.09. The van der Waals surface area contributed by atoms with E-state index in [0.717, 1.165) is 0 Å². The molecule has 0 aromatic carbocycles. The average molecular weight is 271 g/mol. The maximum Gasteiger partial charge on any atom is 0.251 e. The lowest BCUT2D eigenvalue weighted by Gasteiger charge is -2.17. The largest absolute Gasteiger partial charge is 0.349 e. The summed E-state index contributed by atoms with van der Waals surface area (Å²) in [6, 6.07) is 3.58. The SMILES string of the molecule is CC(C)C(C)NC(=O)c1ccnc(Br)c1. The van der Waals surface area contributed by atoms with Gasteiger partial charge in [-0.05, 0) is 40.9 Å². The third kappa shape index (κ3) is 3.63. The van der Waals surface area contributed by atoms with Gasteiger partial charge in [0.05, 0.1) is 0 Å². The first-order valence-electron chi connectivity index (χ1n) is 4.93. The molecular formula is C11H15BrN2O. The molecule has 0 fully saturated rings. The lowest BCUT2D eigenvalue weighted by Crippen LogP contribution is -2.36. The second kappa shape index (κ2) is 5.26. The van der Waals surface area contributed by atoms with Crippen LogP contribution in [0.15, 0.2) is 22.9 Å². The van der Waals surface area contributed by atoms with Gasteiger partial charge in [0.15, 0.2) is 0 Å². The summed E-state index contributed by atoms with van der Waals surface area (Å²) in [5, 5.41) is 2.94. The van der Waals surface area contributed by atoms with Gasteiger partial charge >= 0.3 is 0 Å². The van der Waals surface area contributed by atoms with Crippen LogP contribution in [0, 0.1) is 5.92 Å². The molecule has 0 saturated heterocycles. The monoisotopic (exact) mass is 270 g/mol. The molecule has 82 valence electrons. The van der Waals surface area contributed by atoms with Crippen LogP contribution in [0.4, 0.5) is 0 Å². The van der Waals surface area contributed by atoms with Gasteiger partial charge in [-0.2, -0.15) is 0 Å². The van der Waals surface area contributed by atoms with Crippen LogP contribution in [0.25, 0.3) is 0 Å². The number of halogens is 1. The Morgan fingerprint density at radius 1 is 1.47 bits per heavy atom. The number of hydrogen-bond acceptors (Lipinski definition) is 2. The number of nitrogens with zero attached hydrogens (tertiary/aromatic N) is 1. The number of amides is 1. The van der Waals surface area contributed by atoms with Gasteiger partial charge in [0.1, 0.15) is 4.60 Å². The predicted octanol–water partition coefficient (Wildman–Crippen LogP) is 2.62. The number of carbonyl (C=O) groups excluding carboxylic acids is 1. The van der Waals surface area contributed by atoms with E-state index in [1.54, 1.807) is 18.3 Å². The van der Waals surface area contributed by atoms with E-state index in [2.05, 4.69) is 40.1 Å². The number of aromatic nitrogens is 1. The minimum atomic E-state index is -0.0562. The van der Waals surface area contributed by atoms with Gasteiger partial charge in [-0.25, -0.2) is 4.98 Å². The van der Waals surface area contributed by atoms with E-state index in [1.807, 2.05) is 6.92 Å². The maximum absolute atomic E-state index is 11.8. The van der Waals surface area contributed by atoms with Crippen LogP contribution >= 0.6 is 15.9 Å². The van der Waals surface area contributed by atoms with Gasteiger partial charge in [-0.1, -0.05) is 13.8 Å². The lowest BCUT2D eigenvalue weighted by molar-refractivity contribution is 0.0930. The number of carbonyl (C=O) groups is 1. The Labute approximate surface area is 98.4 Å². The first-order chi connectivity index (χ1) is 7.00. The molecular weight excluding hydrogens is 256 g/mol. The number of hydrogen-bond donors (Lipinski definition) is 1. The van der Waals surface area contributed by atoms with Crippen molar-refractivity contribution < 1.29 is 4.79 Å². The first-order valence-corrected chi connectivity index (χ1v) is 5.72. The third-order valence-corrected chi connectivity index (χ3v) is 2.78. The molecule has 0 aliphatic carbocycles. The molecule has 1 unspecified atom stereocenters. The lowest BCUT2D eigenvalue weighted by atomic mass is 10.1. The van der Waals surface area contributed by atoms with Gasteiger partial charge in [0.25, 0.3) is 5.91 Å². The molecule has 0 radical (unpaired) electrons. The molecule has 1 N–H and O–H groups in total. The van der Waals surface area contributed by atoms with Crippen LogP contribution in [0.1, 0.15) is 31.1 Å². The topological polar surface area (TPSA) is 42.0 Å². The van der Waals surface area contributed by atoms with Crippen molar-refractivity contribution in [3.8, 4) is 0 Å². The molecule has 1 atom stereocenters. The van der Waals surface area contributed by atoms with E-state index < -0.39 is 0 Å². The van der Waals surface area contributed by atoms with E-state index in [-0.39, 0.29) is 11.9 Å². The van der Waals surface area contributed by atoms with E-state index in [0.29, 0.717) is 16.1 Å². The van der Waals surface area contributed by atoms with Crippen LogP contribution in [0.2, 0.25) is 0 Å². The molecule has 0 aliphatic heterocycles. The van der Waals surface area contributed by atoms with Gasteiger partial charge in [0.2, 0.25) is 0 Å². The normalized spacial score (nSPS) is 12.6. The van der Waals surface area contributed by atoms with Crippen LogP contribution in [-0.2, 0) is 0 Å². The zero-order valence-electron chi connectivity index (χ0n) is 9.12. The van der Waals surface area contributed by atoms with E-state index in [4.69, 9.17) is 0 Å². The van der Waals surface area contributed by atoms with Crippen molar-refractivity contribution in [1.82, 2.24) is 10.3 Å². The van der Waals surface area contributed by atoms with E-state index >= 15 is 0 Å². The standard InChI is InChI=1S/C11H15BrN2O/c1-7(2)8(3)14-11(15)9-4-5-13-10(12)6-9/h4-8H,1-3H3,(H,14,15). The molecule has 0 saturated carbocycles. The minimum Gasteiger partial charge on any atom is -0.349 e. The fraction of sp³-hybridized carbons (Fsp3) is 0.455. The minimum absolute atomic E-state index is 0.0562. The Kier molecular flexibility index (Phi) is 4.27. The number of rotatable bonds is 3. The second-order valence-electron chi connectivity index (χ2n) is 3.87. The maximum atomic E-state index is 11.8. The Balaban J connectivity index is 2.69. The Hall–Kier alpha value is -0.900. The zero-order chi connectivity index (χ0) is 11.4.